The summed E-state index contributed by atoms with van der Waals surface area (Å²) in [5.74, 6) is 0.165. The standard InChI is InChI=1S/C14H7Cl2FN2S/c15-12-11(8-3-5-9(17)6-4-8)13(16)19-14(18-12)10-2-1-7-20-10/h1-7H. The number of aromatic nitrogens is 2. The Labute approximate surface area is 128 Å². The Balaban J connectivity index is 2.11. The summed E-state index contributed by atoms with van der Waals surface area (Å²) in [7, 11) is 0. The van der Waals surface area contributed by atoms with E-state index in [0.717, 1.165) is 4.88 Å². The topological polar surface area (TPSA) is 25.8 Å². The fraction of sp³-hybridized carbons (Fsp3) is 0. The SMILES string of the molecule is Fc1ccc(-c2c(Cl)nc(-c3cccs3)nc2Cl)cc1. The second-order valence-electron chi connectivity index (χ2n) is 3.99. The summed E-state index contributed by atoms with van der Waals surface area (Å²) in [5.41, 5.74) is 1.19. The molecule has 0 atom stereocenters. The molecule has 0 spiro atoms. The van der Waals surface area contributed by atoms with E-state index in [2.05, 4.69) is 9.97 Å². The lowest BCUT2D eigenvalue weighted by atomic mass is 10.1. The van der Waals surface area contributed by atoms with E-state index in [1.54, 1.807) is 12.1 Å². The first-order valence-electron chi connectivity index (χ1n) is 5.68. The molecular formula is C14H7Cl2FN2S. The smallest absolute Gasteiger partial charge is 0.172 e. The molecule has 0 bridgehead atoms. The second kappa shape index (κ2) is 5.48. The van der Waals surface area contributed by atoms with Crippen molar-refractivity contribution in [1.82, 2.24) is 9.97 Å². The van der Waals surface area contributed by atoms with Crippen LogP contribution in [0.4, 0.5) is 4.39 Å². The molecule has 6 heteroatoms. The van der Waals surface area contributed by atoms with Gasteiger partial charge in [0.05, 0.1) is 10.4 Å². The van der Waals surface area contributed by atoms with Crippen LogP contribution in [0.25, 0.3) is 21.8 Å². The van der Waals surface area contributed by atoms with Gasteiger partial charge in [-0.15, -0.1) is 11.3 Å². The highest BCUT2D eigenvalue weighted by molar-refractivity contribution is 7.13. The van der Waals surface area contributed by atoms with Crippen molar-refractivity contribution in [2.24, 2.45) is 0 Å². The van der Waals surface area contributed by atoms with Crippen LogP contribution in [0, 0.1) is 5.82 Å². The number of benzene rings is 1. The Morgan fingerprint density at radius 1 is 0.950 bits per heavy atom. The van der Waals surface area contributed by atoms with Crippen LogP contribution in [0.2, 0.25) is 10.3 Å². The zero-order chi connectivity index (χ0) is 14.1. The molecule has 1 aromatic carbocycles. The minimum Gasteiger partial charge on any atom is -0.215 e. The molecule has 2 nitrogen and oxygen atoms in total. The van der Waals surface area contributed by atoms with E-state index in [4.69, 9.17) is 23.2 Å². The zero-order valence-electron chi connectivity index (χ0n) is 9.98. The van der Waals surface area contributed by atoms with Gasteiger partial charge in [-0.1, -0.05) is 41.4 Å². The van der Waals surface area contributed by atoms with Crippen LogP contribution >= 0.6 is 34.5 Å². The van der Waals surface area contributed by atoms with E-state index < -0.39 is 0 Å². The average Bonchev–Trinajstić information content (AvgIpc) is 2.94. The van der Waals surface area contributed by atoms with Crippen molar-refractivity contribution in [2.75, 3.05) is 0 Å². The Bertz CT molecular complexity index is 719. The lowest BCUT2D eigenvalue weighted by Crippen LogP contribution is -1.93. The minimum absolute atomic E-state index is 0.250. The summed E-state index contributed by atoms with van der Waals surface area (Å²) < 4.78 is 13.0. The van der Waals surface area contributed by atoms with E-state index in [0.29, 0.717) is 17.0 Å². The molecule has 0 radical (unpaired) electrons. The van der Waals surface area contributed by atoms with Crippen molar-refractivity contribution in [2.45, 2.75) is 0 Å². The van der Waals surface area contributed by atoms with Crippen LogP contribution in [-0.2, 0) is 0 Å². The van der Waals surface area contributed by atoms with Gasteiger partial charge in [0, 0.05) is 0 Å². The van der Waals surface area contributed by atoms with Crippen LogP contribution in [0.15, 0.2) is 41.8 Å². The first-order chi connectivity index (χ1) is 9.65. The van der Waals surface area contributed by atoms with Gasteiger partial charge < -0.3 is 0 Å². The van der Waals surface area contributed by atoms with E-state index in [1.165, 1.54) is 23.5 Å². The molecule has 3 rings (SSSR count). The maximum atomic E-state index is 13.0. The molecule has 2 aromatic heterocycles. The summed E-state index contributed by atoms with van der Waals surface area (Å²) in [5, 5.41) is 2.43. The fourth-order valence-corrected chi connectivity index (χ4v) is 3.04. The molecule has 0 saturated carbocycles. The van der Waals surface area contributed by atoms with Crippen molar-refractivity contribution in [3.05, 3.63) is 57.9 Å². The van der Waals surface area contributed by atoms with Gasteiger partial charge in [0.25, 0.3) is 0 Å². The number of hydrogen-bond acceptors (Lipinski definition) is 3. The van der Waals surface area contributed by atoms with Gasteiger partial charge in [0.2, 0.25) is 0 Å². The van der Waals surface area contributed by atoms with Gasteiger partial charge >= 0.3 is 0 Å². The van der Waals surface area contributed by atoms with Crippen LogP contribution in [-0.4, -0.2) is 9.97 Å². The zero-order valence-corrected chi connectivity index (χ0v) is 12.3. The Morgan fingerprint density at radius 3 is 2.15 bits per heavy atom. The van der Waals surface area contributed by atoms with Gasteiger partial charge in [-0.25, -0.2) is 14.4 Å². The Hall–Kier alpha value is -1.49. The van der Waals surface area contributed by atoms with Gasteiger partial charge in [-0.3, -0.25) is 0 Å². The van der Waals surface area contributed by atoms with Crippen molar-refractivity contribution in [3.63, 3.8) is 0 Å². The quantitative estimate of drug-likeness (QED) is 0.596. The highest BCUT2D eigenvalue weighted by Crippen LogP contribution is 2.34. The van der Waals surface area contributed by atoms with Crippen LogP contribution in [0.1, 0.15) is 0 Å². The Morgan fingerprint density at radius 2 is 1.60 bits per heavy atom. The summed E-state index contributed by atoms with van der Waals surface area (Å²) >= 11 is 13.9. The van der Waals surface area contributed by atoms with Crippen LogP contribution in [0.3, 0.4) is 0 Å². The summed E-state index contributed by atoms with van der Waals surface area (Å²) in [6.07, 6.45) is 0. The number of hydrogen-bond donors (Lipinski definition) is 0. The third kappa shape index (κ3) is 2.54. The molecule has 0 N–H and O–H groups in total. The van der Waals surface area contributed by atoms with Gasteiger partial charge in [-0.2, -0.15) is 0 Å². The van der Waals surface area contributed by atoms with Gasteiger partial charge in [0.15, 0.2) is 5.82 Å². The largest absolute Gasteiger partial charge is 0.215 e. The predicted octanol–water partition coefficient (Wildman–Crippen LogP) is 5.32. The molecule has 0 aliphatic carbocycles. The normalized spacial score (nSPS) is 10.8. The van der Waals surface area contributed by atoms with Crippen LogP contribution < -0.4 is 0 Å². The molecular weight excluding hydrogens is 318 g/mol. The number of rotatable bonds is 2. The predicted molar refractivity (Wildman–Crippen MR) is 80.8 cm³/mol. The average molecular weight is 325 g/mol. The molecule has 3 aromatic rings. The molecule has 100 valence electrons. The maximum Gasteiger partial charge on any atom is 0.172 e. The summed E-state index contributed by atoms with van der Waals surface area (Å²) in [6.45, 7) is 0. The number of thiophene rings is 1. The highest BCUT2D eigenvalue weighted by Gasteiger charge is 2.15. The molecule has 0 amide bonds. The van der Waals surface area contributed by atoms with E-state index >= 15 is 0 Å². The fourth-order valence-electron chi connectivity index (χ4n) is 1.78. The van der Waals surface area contributed by atoms with E-state index in [-0.39, 0.29) is 16.1 Å². The van der Waals surface area contributed by atoms with Crippen LogP contribution in [0.5, 0.6) is 0 Å². The van der Waals surface area contributed by atoms with Gasteiger partial charge in [-0.05, 0) is 29.1 Å². The maximum absolute atomic E-state index is 13.0. The van der Waals surface area contributed by atoms with E-state index in [1.807, 2.05) is 17.5 Å². The van der Waals surface area contributed by atoms with Crippen molar-refractivity contribution in [1.29, 1.82) is 0 Å². The van der Waals surface area contributed by atoms with E-state index in [9.17, 15) is 4.39 Å². The molecule has 20 heavy (non-hydrogen) atoms. The van der Waals surface area contributed by atoms with Gasteiger partial charge in [0.1, 0.15) is 16.1 Å². The van der Waals surface area contributed by atoms with Crippen molar-refractivity contribution < 1.29 is 4.39 Å². The molecule has 2 heterocycles. The Kier molecular flexibility index (Phi) is 3.70. The minimum atomic E-state index is -0.322. The molecule has 0 saturated heterocycles. The third-order valence-corrected chi connectivity index (χ3v) is 4.11. The third-order valence-electron chi connectivity index (χ3n) is 2.70. The summed E-state index contributed by atoms with van der Waals surface area (Å²) in [6, 6.07) is 9.67. The summed E-state index contributed by atoms with van der Waals surface area (Å²) in [4.78, 5) is 9.41. The monoisotopic (exact) mass is 324 g/mol. The first-order valence-corrected chi connectivity index (χ1v) is 7.31. The molecule has 0 aliphatic heterocycles. The lowest BCUT2D eigenvalue weighted by molar-refractivity contribution is 0.628. The molecule has 0 fully saturated rings. The molecule has 0 aliphatic rings. The molecule has 0 unspecified atom stereocenters. The highest BCUT2D eigenvalue weighted by atomic mass is 35.5. The number of halogens is 3. The first kappa shape index (κ1) is 13.5. The van der Waals surface area contributed by atoms with Crippen molar-refractivity contribution >= 4 is 34.5 Å². The van der Waals surface area contributed by atoms with Crippen molar-refractivity contribution in [3.8, 4) is 21.8 Å². The lowest BCUT2D eigenvalue weighted by Gasteiger charge is -2.07. The second-order valence-corrected chi connectivity index (χ2v) is 5.65. The number of nitrogens with zero attached hydrogens (tertiary/aromatic N) is 2.